The fourth-order valence-electron chi connectivity index (χ4n) is 6.11. The van der Waals surface area contributed by atoms with E-state index in [0.29, 0.717) is 29.9 Å². The molecule has 40 heavy (non-hydrogen) atoms. The molecule has 0 spiro atoms. The van der Waals surface area contributed by atoms with Gasteiger partial charge >= 0.3 is 5.97 Å². The van der Waals surface area contributed by atoms with E-state index >= 15 is 0 Å². The normalized spacial score (nSPS) is 19.6. The summed E-state index contributed by atoms with van der Waals surface area (Å²) in [6, 6.07) is 12.2. The molecule has 1 amide bonds. The van der Waals surface area contributed by atoms with Crippen LogP contribution in [-0.4, -0.2) is 67.3 Å². The Morgan fingerprint density at radius 3 is 2.95 bits per heavy atom. The Morgan fingerprint density at radius 1 is 1.15 bits per heavy atom. The van der Waals surface area contributed by atoms with Crippen LogP contribution in [0.3, 0.4) is 0 Å². The number of hydrogen-bond acceptors (Lipinski definition) is 7. The molecule has 1 saturated heterocycles. The first-order valence-electron chi connectivity index (χ1n) is 13.5. The van der Waals surface area contributed by atoms with Gasteiger partial charge in [0.15, 0.2) is 5.69 Å². The number of morpholine rings is 1. The van der Waals surface area contributed by atoms with E-state index in [1.165, 1.54) is 6.42 Å². The Morgan fingerprint density at radius 2 is 2.05 bits per heavy atom. The SMILES string of the molecule is O=C(Nc1cc(-c2cccc3[nH]ccc23)cc2[nH]ncc12)c1nc(CN2CCOC3CCCCC32)sc1C(=O)O. The third-order valence-corrected chi connectivity index (χ3v) is 9.01. The van der Waals surface area contributed by atoms with Crippen molar-refractivity contribution in [2.75, 3.05) is 18.5 Å². The third kappa shape index (κ3) is 4.45. The number of amides is 1. The number of H-pyrrole nitrogens is 2. The maximum Gasteiger partial charge on any atom is 0.348 e. The van der Waals surface area contributed by atoms with Crippen LogP contribution in [0.2, 0.25) is 0 Å². The van der Waals surface area contributed by atoms with Crippen LogP contribution in [0.1, 0.15) is 50.9 Å². The van der Waals surface area contributed by atoms with Crippen molar-refractivity contribution in [1.29, 1.82) is 0 Å². The van der Waals surface area contributed by atoms with Crippen LogP contribution in [0.5, 0.6) is 0 Å². The summed E-state index contributed by atoms with van der Waals surface area (Å²) in [6.07, 6.45) is 8.19. The van der Waals surface area contributed by atoms with E-state index in [-0.39, 0.29) is 16.7 Å². The van der Waals surface area contributed by atoms with E-state index in [9.17, 15) is 14.7 Å². The van der Waals surface area contributed by atoms with Crippen molar-refractivity contribution in [2.45, 2.75) is 44.4 Å². The van der Waals surface area contributed by atoms with Crippen molar-refractivity contribution in [3.63, 3.8) is 0 Å². The molecule has 1 aliphatic carbocycles. The number of carboxylic acids is 1. The first kappa shape index (κ1) is 24.9. The minimum atomic E-state index is -1.16. The monoisotopic (exact) mass is 556 g/mol. The summed E-state index contributed by atoms with van der Waals surface area (Å²) in [5.41, 5.74) is 4.11. The Kier molecular flexibility index (Phi) is 6.34. The minimum absolute atomic E-state index is 0.0577. The zero-order valence-corrected chi connectivity index (χ0v) is 22.5. The Hall–Kier alpha value is -4.06. The summed E-state index contributed by atoms with van der Waals surface area (Å²) < 4.78 is 5.98. The van der Waals surface area contributed by atoms with Crippen LogP contribution in [0.15, 0.2) is 48.8 Å². The molecule has 11 heteroatoms. The van der Waals surface area contributed by atoms with E-state index in [2.05, 4.69) is 30.4 Å². The van der Waals surface area contributed by atoms with Gasteiger partial charge in [0.2, 0.25) is 0 Å². The number of rotatable bonds is 6. The van der Waals surface area contributed by atoms with Crippen molar-refractivity contribution in [3.05, 3.63) is 64.4 Å². The Balaban J connectivity index is 1.20. The molecule has 2 fully saturated rings. The zero-order chi connectivity index (χ0) is 27.2. The molecule has 1 aliphatic heterocycles. The van der Waals surface area contributed by atoms with Gasteiger partial charge in [0, 0.05) is 35.1 Å². The molecular formula is C29H28N6O4S. The summed E-state index contributed by atoms with van der Waals surface area (Å²) in [5.74, 6) is -1.72. The van der Waals surface area contributed by atoms with E-state index in [0.717, 1.165) is 70.1 Å². The largest absolute Gasteiger partial charge is 0.477 e. The number of aromatic amines is 2. The lowest BCUT2D eigenvalue weighted by atomic mass is 9.90. The molecule has 2 atom stereocenters. The third-order valence-electron chi connectivity index (χ3n) is 7.98. The second kappa shape index (κ2) is 10.2. The lowest BCUT2D eigenvalue weighted by molar-refractivity contribution is -0.0911. The lowest BCUT2D eigenvalue weighted by Crippen LogP contribution is -2.52. The van der Waals surface area contributed by atoms with Crippen LogP contribution >= 0.6 is 11.3 Å². The van der Waals surface area contributed by atoms with Gasteiger partial charge in [-0.2, -0.15) is 5.10 Å². The molecule has 2 aromatic carbocycles. The lowest BCUT2D eigenvalue weighted by Gasteiger charge is -2.43. The van der Waals surface area contributed by atoms with Gasteiger partial charge in [0.05, 0.1) is 36.7 Å². The second-order valence-electron chi connectivity index (χ2n) is 10.4. The van der Waals surface area contributed by atoms with Gasteiger partial charge in [-0.05, 0) is 48.2 Å². The van der Waals surface area contributed by atoms with Crippen LogP contribution in [0.25, 0.3) is 32.9 Å². The molecule has 4 N–H and O–H groups in total. The molecule has 2 aliphatic rings. The van der Waals surface area contributed by atoms with Crippen LogP contribution < -0.4 is 5.32 Å². The number of carbonyl (C=O) groups is 2. The van der Waals surface area contributed by atoms with Crippen molar-refractivity contribution >= 4 is 50.7 Å². The van der Waals surface area contributed by atoms with E-state index < -0.39 is 11.9 Å². The summed E-state index contributed by atoms with van der Waals surface area (Å²) in [4.78, 5) is 35.8. The van der Waals surface area contributed by atoms with E-state index in [4.69, 9.17) is 4.74 Å². The number of nitrogens with zero attached hydrogens (tertiary/aromatic N) is 3. The molecule has 10 nitrogen and oxygen atoms in total. The van der Waals surface area contributed by atoms with Crippen molar-refractivity contribution in [3.8, 4) is 11.1 Å². The summed E-state index contributed by atoms with van der Waals surface area (Å²) in [7, 11) is 0. The molecule has 7 rings (SSSR count). The summed E-state index contributed by atoms with van der Waals surface area (Å²) in [5, 5.41) is 22.4. The van der Waals surface area contributed by atoms with Crippen molar-refractivity contribution in [2.24, 2.45) is 0 Å². The molecule has 3 aromatic heterocycles. The quantitative estimate of drug-likeness (QED) is 0.224. The van der Waals surface area contributed by atoms with Crippen LogP contribution in [0, 0.1) is 0 Å². The molecule has 2 unspecified atom stereocenters. The number of aromatic carboxylic acids is 1. The minimum Gasteiger partial charge on any atom is -0.477 e. The maximum absolute atomic E-state index is 13.6. The Bertz CT molecular complexity index is 1740. The molecule has 5 aromatic rings. The average Bonchev–Trinajstić information content (AvgIpc) is 3.72. The first-order chi connectivity index (χ1) is 19.5. The maximum atomic E-state index is 13.6. The molecule has 1 saturated carbocycles. The van der Waals surface area contributed by atoms with Gasteiger partial charge in [-0.1, -0.05) is 25.0 Å². The van der Waals surface area contributed by atoms with Gasteiger partial charge in [0.1, 0.15) is 9.88 Å². The smallest absolute Gasteiger partial charge is 0.348 e. The zero-order valence-electron chi connectivity index (χ0n) is 21.6. The van der Waals surface area contributed by atoms with Gasteiger partial charge < -0.3 is 20.1 Å². The molecule has 0 radical (unpaired) electrons. The highest BCUT2D eigenvalue weighted by Crippen LogP contribution is 2.35. The number of anilines is 1. The van der Waals surface area contributed by atoms with Gasteiger partial charge in [-0.3, -0.25) is 14.8 Å². The number of fused-ring (bicyclic) bond motifs is 3. The highest BCUT2D eigenvalue weighted by atomic mass is 32.1. The number of hydrogen-bond donors (Lipinski definition) is 4. The van der Waals surface area contributed by atoms with Gasteiger partial charge in [-0.25, -0.2) is 9.78 Å². The number of ether oxygens (including phenoxy) is 1. The number of aromatic nitrogens is 4. The fraction of sp³-hybridized carbons (Fsp3) is 0.310. The summed E-state index contributed by atoms with van der Waals surface area (Å²) in [6.45, 7) is 1.92. The Labute approximate surface area is 233 Å². The van der Waals surface area contributed by atoms with Crippen molar-refractivity contribution in [1.82, 2.24) is 25.1 Å². The number of nitrogens with one attached hydrogen (secondary N) is 3. The highest BCUT2D eigenvalue weighted by molar-refractivity contribution is 7.13. The first-order valence-corrected chi connectivity index (χ1v) is 14.3. The predicted molar refractivity (Wildman–Crippen MR) is 153 cm³/mol. The van der Waals surface area contributed by atoms with Gasteiger partial charge in [0.25, 0.3) is 5.91 Å². The number of benzene rings is 2. The molecular weight excluding hydrogens is 528 g/mol. The van der Waals surface area contributed by atoms with Crippen LogP contribution in [-0.2, 0) is 11.3 Å². The van der Waals surface area contributed by atoms with Crippen LogP contribution in [0.4, 0.5) is 5.69 Å². The van der Waals surface area contributed by atoms with Crippen molar-refractivity contribution < 1.29 is 19.4 Å². The molecule has 0 bridgehead atoms. The number of thiazole rings is 1. The summed E-state index contributed by atoms with van der Waals surface area (Å²) >= 11 is 1.07. The highest BCUT2D eigenvalue weighted by Gasteiger charge is 2.35. The standard InChI is InChI=1S/C29H28N6O4S/c36-28(26-27(29(37)38)40-25(33-26)15-35-10-11-39-24-7-2-1-6-23(24)35)32-21-12-16(13-22-19(21)14-31-34-22)17-4-3-5-20-18(17)8-9-30-20/h3-5,8-9,12-14,23-24,30H,1-2,6-7,10-11,15H2,(H,31,34)(H,32,36)(H,37,38). The predicted octanol–water partition coefficient (Wildman–Crippen LogP) is 5.26. The number of carboxylic acid groups (broad SMARTS) is 1. The van der Waals surface area contributed by atoms with E-state index in [1.807, 2.05) is 42.6 Å². The molecule has 204 valence electrons. The average molecular weight is 557 g/mol. The van der Waals surface area contributed by atoms with Gasteiger partial charge in [-0.15, -0.1) is 11.3 Å². The molecule has 4 heterocycles. The second-order valence-corrected chi connectivity index (χ2v) is 11.5. The number of carbonyl (C=O) groups excluding carboxylic acids is 1. The van der Waals surface area contributed by atoms with E-state index in [1.54, 1.807) is 6.20 Å². The fourth-order valence-corrected chi connectivity index (χ4v) is 7.03. The topological polar surface area (TPSA) is 136 Å².